The van der Waals surface area contributed by atoms with Gasteiger partial charge in [0.25, 0.3) is 5.91 Å². The Kier molecular flexibility index (Phi) is 6.34. The lowest BCUT2D eigenvalue weighted by Gasteiger charge is -2.34. The van der Waals surface area contributed by atoms with Crippen molar-refractivity contribution in [2.75, 3.05) is 26.7 Å². The van der Waals surface area contributed by atoms with Crippen LogP contribution in [0.15, 0.2) is 35.7 Å². The lowest BCUT2D eigenvalue weighted by Crippen LogP contribution is -2.40. The van der Waals surface area contributed by atoms with Crippen molar-refractivity contribution in [3.63, 3.8) is 0 Å². The third kappa shape index (κ3) is 4.54. The topological polar surface area (TPSA) is 41.6 Å². The number of thiophene rings is 1. The second-order valence-electron chi connectivity index (χ2n) is 6.19. The monoisotopic (exact) mass is 378 g/mol. The van der Waals surface area contributed by atoms with Crippen LogP contribution in [0.5, 0.6) is 5.75 Å². The summed E-state index contributed by atoms with van der Waals surface area (Å²) in [4.78, 5) is 16.3. The molecule has 0 unspecified atom stereocenters. The van der Waals surface area contributed by atoms with E-state index in [4.69, 9.17) is 16.3 Å². The molecule has 1 aliphatic rings. The molecule has 0 radical (unpaired) electrons. The second kappa shape index (κ2) is 8.70. The molecule has 0 spiro atoms. The summed E-state index contributed by atoms with van der Waals surface area (Å²) in [5.41, 5.74) is 0.550. The molecule has 0 saturated carbocycles. The summed E-state index contributed by atoms with van der Waals surface area (Å²) in [5.74, 6) is 0.464. The highest BCUT2D eigenvalue weighted by molar-refractivity contribution is 7.10. The molecule has 6 heteroatoms. The van der Waals surface area contributed by atoms with Crippen LogP contribution in [0.2, 0.25) is 5.02 Å². The van der Waals surface area contributed by atoms with Crippen molar-refractivity contribution < 1.29 is 9.53 Å². The number of piperidine rings is 1. The van der Waals surface area contributed by atoms with Gasteiger partial charge >= 0.3 is 0 Å². The number of carbonyl (C=O) groups is 1. The van der Waals surface area contributed by atoms with Gasteiger partial charge in [-0.25, -0.2) is 0 Å². The number of amides is 1. The summed E-state index contributed by atoms with van der Waals surface area (Å²) in [6.07, 6.45) is 3.75. The van der Waals surface area contributed by atoms with E-state index >= 15 is 0 Å². The van der Waals surface area contributed by atoms with Crippen LogP contribution in [0.1, 0.15) is 40.5 Å². The van der Waals surface area contributed by atoms with Crippen molar-refractivity contribution in [1.29, 1.82) is 0 Å². The maximum atomic E-state index is 12.5. The first-order chi connectivity index (χ1) is 12.2. The number of hydrogen-bond acceptors (Lipinski definition) is 4. The van der Waals surface area contributed by atoms with E-state index in [1.54, 1.807) is 36.6 Å². The van der Waals surface area contributed by atoms with Gasteiger partial charge in [0.05, 0.1) is 18.2 Å². The highest BCUT2D eigenvalue weighted by Gasteiger charge is 2.23. The third-order valence-electron chi connectivity index (χ3n) is 4.57. The summed E-state index contributed by atoms with van der Waals surface area (Å²) in [7, 11) is 1.56. The Bertz CT molecular complexity index is 699. The Hall–Kier alpha value is -1.56. The van der Waals surface area contributed by atoms with Gasteiger partial charge in [0.1, 0.15) is 5.75 Å². The van der Waals surface area contributed by atoms with Crippen molar-refractivity contribution in [1.82, 2.24) is 10.2 Å². The first kappa shape index (κ1) is 18.2. The zero-order valence-electron chi connectivity index (χ0n) is 14.3. The van der Waals surface area contributed by atoms with E-state index in [-0.39, 0.29) is 11.9 Å². The van der Waals surface area contributed by atoms with Crippen molar-refractivity contribution in [3.05, 3.63) is 51.2 Å². The molecule has 0 aliphatic carbocycles. The van der Waals surface area contributed by atoms with Crippen LogP contribution in [0, 0.1) is 0 Å². The van der Waals surface area contributed by atoms with Crippen LogP contribution < -0.4 is 10.1 Å². The minimum atomic E-state index is -0.108. The minimum absolute atomic E-state index is 0.108. The van der Waals surface area contributed by atoms with Crippen molar-refractivity contribution in [3.8, 4) is 5.75 Å². The molecular weight excluding hydrogens is 356 g/mol. The van der Waals surface area contributed by atoms with E-state index in [0.717, 1.165) is 13.1 Å². The number of halogens is 1. The van der Waals surface area contributed by atoms with Gasteiger partial charge in [0.2, 0.25) is 0 Å². The van der Waals surface area contributed by atoms with Crippen LogP contribution in [0.25, 0.3) is 0 Å². The highest BCUT2D eigenvalue weighted by Crippen LogP contribution is 2.28. The lowest BCUT2D eigenvalue weighted by molar-refractivity contribution is 0.0925. The molecule has 2 heterocycles. The molecular formula is C19H23ClN2O2S. The molecule has 1 aliphatic heterocycles. The average molecular weight is 379 g/mol. The number of benzene rings is 1. The van der Waals surface area contributed by atoms with Crippen LogP contribution in [-0.4, -0.2) is 37.6 Å². The van der Waals surface area contributed by atoms with Gasteiger partial charge in [0, 0.05) is 17.0 Å². The third-order valence-corrected chi connectivity index (χ3v) is 5.84. The Morgan fingerprint density at radius 1 is 1.32 bits per heavy atom. The number of ether oxygens (including phenoxy) is 1. The van der Waals surface area contributed by atoms with Gasteiger partial charge in [-0.1, -0.05) is 24.1 Å². The summed E-state index contributed by atoms with van der Waals surface area (Å²) in [6, 6.07) is 9.57. The Labute approximate surface area is 157 Å². The molecule has 134 valence electrons. The molecule has 3 rings (SSSR count). The molecule has 1 aromatic heterocycles. The van der Waals surface area contributed by atoms with Gasteiger partial charge in [-0.2, -0.15) is 0 Å². The molecule has 1 amide bonds. The largest absolute Gasteiger partial charge is 0.495 e. The number of likely N-dealkylation sites (tertiary alicyclic amines) is 1. The minimum Gasteiger partial charge on any atom is -0.495 e. The number of nitrogens with zero attached hydrogens (tertiary/aromatic N) is 1. The first-order valence-corrected chi connectivity index (χ1v) is 9.84. The van der Waals surface area contributed by atoms with E-state index in [9.17, 15) is 4.79 Å². The smallest absolute Gasteiger partial charge is 0.251 e. The summed E-state index contributed by atoms with van der Waals surface area (Å²) >= 11 is 7.88. The molecule has 1 aromatic carbocycles. The molecule has 1 fully saturated rings. The zero-order valence-corrected chi connectivity index (χ0v) is 15.9. The van der Waals surface area contributed by atoms with Crippen molar-refractivity contribution in [2.24, 2.45) is 0 Å². The normalized spacial score (nSPS) is 16.4. The van der Waals surface area contributed by atoms with E-state index in [2.05, 4.69) is 27.7 Å². The molecule has 0 bridgehead atoms. The van der Waals surface area contributed by atoms with Gasteiger partial charge < -0.3 is 10.1 Å². The molecule has 4 nitrogen and oxygen atoms in total. The van der Waals surface area contributed by atoms with Crippen LogP contribution in [-0.2, 0) is 0 Å². The predicted molar refractivity (Wildman–Crippen MR) is 103 cm³/mol. The number of nitrogens with one attached hydrogen (secondary N) is 1. The molecule has 25 heavy (non-hydrogen) atoms. The predicted octanol–water partition coefficient (Wildman–Crippen LogP) is 4.37. The highest BCUT2D eigenvalue weighted by atomic mass is 35.5. The van der Waals surface area contributed by atoms with Crippen LogP contribution in [0.3, 0.4) is 0 Å². The Balaban J connectivity index is 1.68. The molecule has 1 saturated heterocycles. The maximum absolute atomic E-state index is 12.5. The van der Waals surface area contributed by atoms with E-state index < -0.39 is 0 Å². The van der Waals surface area contributed by atoms with Gasteiger partial charge in [-0.05, 0) is 55.6 Å². The van der Waals surface area contributed by atoms with Crippen LogP contribution >= 0.6 is 22.9 Å². The second-order valence-corrected chi connectivity index (χ2v) is 7.57. The first-order valence-electron chi connectivity index (χ1n) is 8.58. The van der Waals surface area contributed by atoms with E-state index in [1.165, 1.54) is 24.1 Å². The fourth-order valence-corrected chi connectivity index (χ4v) is 4.34. The maximum Gasteiger partial charge on any atom is 0.251 e. The number of methoxy groups -OCH3 is 1. The molecule has 1 atom stereocenters. The SMILES string of the molecule is COc1ccc(C(=O)NC[C@H](c2cccs2)N2CCCCC2)cc1Cl. The van der Waals surface area contributed by atoms with Crippen molar-refractivity contribution >= 4 is 28.8 Å². The quantitative estimate of drug-likeness (QED) is 0.811. The van der Waals surface area contributed by atoms with E-state index in [1.807, 2.05) is 0 Å². The Morgan fingerprint density at radius 3 is 2.76 bits per heavy atom. The summed E-state index contributed by atoms with van der Waals surface area (Å²) in [6.45, 7) is 2.78. The fraction of sp³-hybridized carbons (Fsp3) is 0.421. The Morgan fingerprint density at radius 2 is 2.12 bits per heavy atom. The van der Waals surface area contributed by atoms with Crippen LogP contribution in [0.4, 0.5) is 0 Å². The number of hydrogen-bond donors (Lipinski definition) is 1. The van der Waals surface area contributed by atoms with Gasteiger partial charge in [-0.3, -0.25) is 9.69 Å². The zero-order chi connectivity index (χ0) is 17.6. The number of carbonyl (C=O) groups excluding carboxylic acids is 1. The fourth-order valence-electron chi connectivity index (χ4n) is 3.22. The number of rotatable bonds is 6. The average Bonchev–Trinajstić information content (AvgIpc) is 3.17. The lowest BCUT2D eigenvalue weighted by atomic mass is 10.1. The molecule has 1 N–H and O–H groups in total. The van der Waals surface area contributed by atoms with E-state index in [0.29, 0.717) is 22.9 Å². The standard InChI is InChI=1S/C19H23ClN2O2S/c1-24-17-8-7-14(12-15(17)20)19(23)21-13-16(18-6-5-11-25-18)22-9-3-2-4-10-22/h5-8,11-12,16H,2-4,9-10,13H2,1H3,(H,21,23)/t16-/m1/s1. The van der Waals surface area contributed by atoms with Gasteiger partial charge in [-0.15, -0.1) is 11.3 Å². The molecule has 2 aromatic rings. The summed E-state index contributed by atoms with van der Waals surface area (Å²) in [5, 5.41) is 5.62. The summed E-state index contributed by atoms with van der Waals surface area (Å²) < 4.78 is 5.14. The van der Waals surface area contributed by atoms with Crippen molar-refractivity contribution in [2.45, 2.75) is 25.3 Å². The van der Waals surface area contributed by atoms with Gasteiger partial charge in [0.15, 0.2) is 0 Å².